The van der Waals surface area contributed by atoms with E-state index in [1.165, 1.54) is 23.1 Å². The zero-order valence-electron chi connectivity index (χ0n) is 16.8. The van der Waals surface area contributed by atoms with Crippen LogP contribution in [-0.2, 0) is 19.9 Å². The normalized spacial score (nSPS) is 31.2. The standard InChI is InChI=1S/C23H20FN3O4/c1-31-14-7-5-13(6-8-14)27-20(28)18-17-3-2-10-26(17)23(19(18)21(27)29)15-11-12(24)4-9-16(15)25-22(23)30/h4-9,11,17-19H,2-3,10H2,1H3,(H,25,30)/t17-,18-,19+,23-/m1/s1. The number of benzene rings is 2. The predicted octanol–water partition coefficient (Wildman–Crippen LogP) is 2.27. The van der Waals surface area contributed by atoms with Crippen molar-refractivity contribution in [3.8, 4) is 5.75 Å². The van der Waals surface area contributed by atoms with Crippen LogP contribution in [0.2, 0.25) is 0 Å². The molecule has 1 spiro atoms. The monoisotopic (exact) mass is 421 g/mol. The number of nitrogens with one attached hydrogen (secondary N) is 1. The molecule has 4 aliphatic heterocycles. The van der Waals surface area contributed by atoms with Gasteiger partial charge in [0.2, 0.25) is 17.7 Å². The first-order valence-electron chi connectivity index (χ1n) is 10.4. The van der Waals surface area contributed by atoms with Crippen molar-refractivity contribution >= 4 is 29.1 Å². The average molecular weight is 421 g/mol. The van der Waals surface area contributed by atoms with E-state index in [2.05, 4.69) is 5.32 Å². The van der Waals surface area contributed by atoms with Gasteiger partial charge in [-0.3, -0.25) is 19.3 Å². The highest BCUT2D eigenvalue weighted by Crippen LogP contribution is 2.60. The molecule has 0 radical (unpaired) electrons. The summed E-state index contributed by atoms with van der Waals surface area (Å²) in [6.45, 7) is 0.587. The van der Waals surface area contributed by atoms with Gasteiger partial charge in [-0.1, -0.05) is 0 Å². The van der Waals surface area contributed by atoms with Gasteiger partial charge >= 0.3 is 0 Å². The Morgan fingerprint density at radius 3 is 2.61 bits per heavy atom. The first-order valence-corrected chi connectivity index (χ1v) is 10.4. The zero-order chi connectivity index (χ0) is 21.5. The lowest BCUT2D eigenvalue weighted by atomic mass is 9.75. The third-order valence-electron chi connectivity index (χ3n) is 7.29. The van der Waals surface area contributed by atoms with Gasteiger partial charge in [0.05, 0.1) is 24.6 Å². The minimum Gasteiger partial charge on any atom is -0.497 e. The van der Waals surface area contributed by atoms with Crippen LogP contribution >= 0.6 is 0 Å². The third kappa shape index (κ3) is 2.13. The molecule has 1 N–H and O–H groups in total. The molecule has 2 aromatic carbocycles. The fourth-order valence-electron chi connectivity index (χ4n) is 6.16. The van der Waals surface area contributed by atoms with E-state index in [1.807, 2.05) is 4.90 Å². The number of ether oxygens (including phenoxy) is 1. The van der Waals surface area contributed by atoms with Crippen molar-refractivity contribution < 1.29 is 23.5 Å². The summed E-state index contributed by atoms with van der Waals surface area (Å²) in [5.74, 6) is -2.47. The van der Waals surface area contributed by atoms with Crippen molar-refractivity contribution in [2.24, 2.45) is 11.8 Å². The number of imide groups is 1. The predicted molar refractivity (Wildman–Crippen MR) is 109 cm³/mol. The number of fused-ring (bicyclic) bond motifs is 7. The lowest BCUT2D eigenvalue weighted by Crippen LogP contribution is -2.54. The van der Waals surface area contributed by atoms with E-state index in [1.54, 1.807) is 31.4 Å². The van der Waals surface area contributed by atoms with Crippen molar-refractivity contribution in [3.63, 3.8) is 0 Å². The summed E-state index contributed by atoms with van der Waals surface area (Å²) < 4.78 is 19.4. The molecule has 31 heavy (non-hydrogen) atoms. The van der Waals surface area contributed by atoms with Gasteiger partial charge in [0, 0.05) is 17.3 Å². The molecule has 2 aromatic rings. The number of hydrogen-bond donors (Lipinski definition) is 1. The Kier molecular flexibility index (Phi) is 3.66. The van der Waals surface area contributed by atoms with Crippen LogP contribution in [0, 0.1) is 17.7 Å². The van der Waals surface area contributed by atoms with Crippen LogP contribution in [0.1, 0.15) is 18.4 Å². The van der Waals surface area contributed by atoms with Gasteiger partial charge in [-0.15, -0.1) is 0 Å². The number of amides is 3. The second kappa shape index (κ2) is 6.13. The number of methoxy groups -OCH3 is 1. The number of halogens is 1. The number of carbonyl (C=O) groups is 3. The number of carbonyl (C=O) groups excluding carboxylic acids is 3. The SMILES string of the molecule is COc1ccc(N2C(=O)[C@@H]3[C@H]4CCCN4[C@@]4(C(=O)Nc5ccc(F)cc54)[C@@H]3C2=O)cc1. The second-order valence-electron chi connectivity index (χ2n) is 8.53. The summed E-state index contributed by atoms with van der Waals surface area (Å²) in [7, 11) is 1.54. The van der Waals surface area contributed by atoms with Crippen LogP contribution in [0.25, 0.3) is 0 Å². The second-order valence-corrected chi connectivity index (χ2v) is 8.53. The molecular formula is C23H20FN3O4. The first-order chi connectivity index (χ1) is 15.0. The highest BCUT2D eigenvalue weighted by molar-refractivity contribution is 6.25. The molecule has 4 heterocycles. The molecule has 4 atom stereocenters. The van der Waals surface area contributed by atoms with Crippen molar-refractivity contribution in [2.45, 2.75) is 24.4 Å². The quantitative estimate of drug-likeness (QED) is 0.753. The summed E-state index contributed by atoms with van der Waals surface area (Å²) in [6.07, 6.45) is 1.54. The number of anilines is 2. The molecule has 0 bridgehead atoms. The van der Waals surface area contributed by atoms with Crippen LogP contribution in [-0.4, -0.2) is 42.3 Å². The van der Waals surface area contributed by atoms with Crippen molar-refractivity contribution in [1.29, 1.82) is 0 Å². The topological polar surface area (TPSA) is 79.0 Å². The van der Waals surface area contributed by atoms with Gasteiger partial charge < -0.3 is 10.1 Å². The Labute approximate surface area is 177 Å². The van der Waals surface area contributed by atoms with Gasteiger partial charge in [-0.25, -0.2) is 9.29 Å². The molecule has 7 nitrogen and oxygen atoms in total. The lowest BCUT2D eigenvalue weighted by Gasteiger charge is -2.36. The minimum absolute atomic E-state index is 0.232. The van der Waals surface area contributed by atoms with Crippen LogP contribution in [0.5, 0.6) is 5.75 Å². The molecule has 3 fully saturated rings. The van der Waals surface area contributed by atoms with Crippen LogP contribution < -0.4 is 15.0 Å². The smallest absolute Gasteiger partial charge is 0.250 e. The van der Waals surface area contributed by atoms with E-state index in [0.717, 1.165) is 12.8 Å². The Morgan fingerprint density at radius 2 is 1.87 bits per heavy atom. The maximum absolute atomic E-state index is 14.3. The van der Waals surface area contributed by atoms with Gasteiger partial charge in [0.25, 0.3) is 0 Å². The number of rotatable bonds is 2. The third-order valence-corrected chi connectivity index (χ3v) is 7.29. The van der Waals surface area contributed by atoms with Crippen molar-refractivity contribution in [2.75, 3.05) is 23.9 Å². The molecule has 0 aromatic heterocycles. The van der Waals surface area contributed by atoms with Gasteiger partial charge in [0.1, 0.15) is 17.1 Å². The number of nitrogens with zero attached hydrogens (tertiary/aromatic N) is 2. The summed E-state index contributed by atoms with van der Waals surface area (Å²) >= 11 is 0. The minimum atomic E-state index is -1.36. The Hall–Kier alpha value is -3.26. The van der Waals surface area contributed by atoms with E-state index in [9.17, 15) is 18.8 Å². The summed E-state index contributed by atoms with van der Waals surface area (Å²) in [6, 6.07) is 10.6. The molecular weight excluding hydrogens is 401 g/mol. The molecule has 6 rings (SSSR count). The fraction of sp³-hybridized carbons (Fsp3) is 0.348. The molecule has 0 unspecified atom stereocenters. The van der Waals surface area contributed by atoms with Crippen LogP contribution in [0.4, 0.5) is 15.8 Å². The van der Waals surface area contributed by atoms with Gasteiger partial charge in [-0.05, 0) is 61.9 Å². The largest absolute Gasteiger partial charge is 0.497 e. The Morgan fingerprint density at radius 1 is 1.10 bits per heavy atom. The molecule has 3 saturated heterocycles. The van der Waals surface area contributed by atoms with Gasteiger partial charge in [-0.2, -0.15) is 0 Å². The molecule has 0 saturated carbocycles. The van der Waals surface area contributed by atoms with E-state index in [-0.39, 0.29) is 17.9 Å². The summed E-state index contributed by atoms with van der Waals surface area (Å²) in [5.41, 5.74) is 0.0373. The van der Waals surface area contributed by atoms with E-state index in [0.29, 0.717) is 29.2 Å². The van der Waals surface area contributed by atoms with Gasteiger partial charge in [0.15, 0.2) is 0 Å². The fourth-order valence-corrected chi connectivity index (χ4v) is 6.16. The summed E-state index contributed by atoms with van der Waals surface area (Å²) in [4.78, 5) is 43.9. The molecule has 3 amide bonds. The maximum atomic E-state index is 14.3. The number of hydrogen-bond acceptors (Lipinski definition) is 5. The Balaban J connectivity index is 1.53. The highest BCUT2D eigenvalue weighted by Gasteiger charge is 2.74. The Bertz CT molecular complexity index is 1150. The lowest BCUT2D eigenvalue weighted by molar-refractivity contribution is -0.135. The molecule has 8 heteroatoms. The average Bonchev–Trinajstić information content (AvgIpc) is 3.47. The molecule has 4 aliphatic rings. The highest BCUT2D eigenvalue weighted by atomic mass is 19.1. The van der Waals surface area contributed by atoms with Crippen molar-refractivity contribution in [3.05, 3.63) is 53.8 Å². The molecule has 0 aliphatic carbocycles. The van der Waals surface area contributed by atoms with E-state index >= 15 is 0 Å². The maximum Gasteiger partial charge on any atom is 0.250 e. The van der Waals surface area contributed by atoms with E-state index in [4.69, 9.17) is 4.74 Å². The van der Waals surface area contributed by atoms with Crippen molar-refractivity contribution in [1.82, 2.24) is 4.90 Å². The van der Waals surface area contributed by atoms with Crippen LogP contribution in [0.15, 0.2) is 42.5 Å². The molecule has 158 valence electrons. The summed E-state index contributed by atoms with van der Waals surface area (Å²) in [5, 5.41) is 2.84. The van der Waals surface area contributed by atoms with E-state index < -0.39 is 29.1 Å². The zero-order valence-corrected chi connectivity index (χ0v) is 16.8. The first kappa shape index (κ1) is 18.5. The van der Waals surface area contributed by atoms with Crippen LogP contribution in [0.3, 0.4) is 0 Å².